The predicted molar refractivity (Wildman–Crippen MR) is 158 cm³/mol. The van der Waals surface area contributed by atoms with Gasteiger partial charge in [0, 0.05) is 20.1 Å². The lowest BCUT2D eigenvalue weighted by Crippen LogP contribution is -2.41. The predicted octanol–water partition coefficient (Wildman–Crippen LogP) is 5.27. The molecule has 2 aromatic rings. The van der Waals surface area contributed by atoms with Crippen molar-refractivity contribution in [2.45, 2.75) is 63.7 Å². The van der Waals surface area contributed by atoms with Crippen LogP contribution in [0.15, 0.2) is 60.6 Å². The Morgan fingerprint density at radius 1 is 1.19 bits per heavy atom. The highest BCUT2D eigenvalue weighted by Crippen LogP contribution is 2.38. The minimum absolute atomic E-state index is 0.173. The fourth-order valence-corrected chi connectivity index (χ4v) is 5.88. The lowest BCUT2D eigenvalue weighted by molar-refractivity contribution is -0.448. The number of likely N-dealkylation sites (tertiary alicyclic amines) is 1. The van der Waals surface area contributed by atoms with Gasteiger partial charge in [-0.3, -0.25) is 9.80 Å². The first kappa shape index (κ1) is 31.3. The first-order valence-corrected chi connectivity index (χ1v) is 14.7. The molecular formula is C31H42N4O7. The zero-order valence-electron chi connectivity index (χ0n) is 24.4. The summed E-state index contributed by atoms with van der Waals surface area (Å²) in [4.78, 5) is 26.2. The molecule has 228 valence electrons. The van der Waals surface area contributed by atoms with Gasteiger partial charge in [-0.25, -0.2) is 4.79 Å². The average Bonchev–Trinajstić information content (AvgIpc) is 3.51. The van der Waals surface area contributed by atoms with Crippen molar-refractivity contribution in [1.29, 1.82) is 0 Å². The van der Waals surface area contributed by atoms with Crippen molar-refractivity contribution in [2.24, 2.45) is 5.92 Å². The third-order valence-corrected chi connectivity index (χ3v) is 8.27. The van der Waals surface area contributed by atoms with Gasteiger partial charge < -0.3 is 35.1 Å². The first-order chi connectivity index (χ1) is 20.2. The molecule has 42 heavy (non-hydrogen) atoms. The summed E-state index contributed by atoms with van der Waals surface area (Å²) in [7, 11) is 1.48. The number of amides is 1. The summed E-state index contributed by atoms with van der Waals surface area (Å²) < 4.78 is 11.8. The van der Waals surface area contributed by atoms with Crippen LogP contribution < -0.4 is 10.1 Å². The highest BCUT2D eigenvalue weighted by atomic mass is 16.6. The van der Waals surface area contributed by atoms with Crippen molar-refractivity contribution in [2.75, 3.05) is 33.3 Å². The second kappa shape index (κ2) is 14.5. The molecule has 3 atom stereocenters. The number of hydrogen-bond acceptors (Lipinski definition) is 8. The quantitative estimate of drug-likeness (QED) is 0.125. The molecule has 11 nitrogen and oxygen atoms in total. The number of carboxylic acid groups (broad SMARTS) is 1. The maximum Gasteiger partial charge on any atom is 0.411 e. The van der Waals surface area contributed by atoms with Crippen molar-refractivity contribution < 1.29 is 29.4 Å². The van der Waals surface area contributed by atoms with Crippen molar-refractivity contribution in [1.82, 2.24) is 15.1 Å². The minimum Gasteiger partial charge on any atom is -0.465 e. The molecule has 2 aliphatic heterocycles. The Balaban J connectivity index is 1.36. The average molecular weight is 583 g/mol. The van der Waals surface area contributed by atoms with E-state index in [0.717, 1.165) is 36.1 Å². The first-order valence-electron chi connectivity index (χ1n) is 14.7. The number of nitrogens with zero attached hydrogens (tertiary/aromatic N) is 3. The van der Waals surface area contributed by atoms with Gasteiger partial charge in [-0.05, 0) is 80.2 Å². The number of methoxy groups -OCH3 is 1. The van der Waals surface area contributed by atoms with Gasteiger partial charge in [0.2, 0.25) is 0 Å². The van der Waals surface area contributed by atoms with Crippen LogP contribution in [0.4, 0.5) is 4.79 Å². The van der Waals surface area contributed by atoms with E-state index < -0.39 is 16.8 Å². The smallest absolute Gasteiger partial charge is 0.411 e. The highest BCUT2D eigenvalue weighted by molar-refractivity contribution is 5.67. The van der Waals surface area contributed by atoms with Gasteiger partial charge in [-0.1, -0.05) is 36.8 Å². The van der Waals surface area contributed by atoms with Crippen LogP contribution in [-0.4, -0.2) is 70.4 Å². The summed E-state index contributed by atoms with van der Waals surface area (Å²) in [5.74, 6) is -0.245. The molecule has 2 aromatic carbocycles. The van der Waals surface area contributed by atoms with Crippen molar-refractivity contribution in [3.8, 4) is 11.5 Å². The summed E-state index contributed by atoms with van der Waals surface area (Å²) >= 11 is 0. The number of aliphatic hydroxyl groups is 1. The highest BCUT2D eigenvalue weighted by Gasteiger charge is 2.34. The van der Waals surface area contributed by atoms with Gasteiger partial charge in [0.25, 0.3) is 0 Å². The SMILES string of the molecule is COC(O)(CCCC[C@@H]1CCCN(C(=CN(C(=O)O)C2CCNC2)[N+](=O)[O-])C1)c1ccccc1Oc1ccccc1C. The van der Waals surface area contributed by atoms with Crippen molar-refractivity contribution in [3.05, 3.63) is 81.8 Å². The lowest BCUT2D eigenvalue weighted by atomic mass is 9.91. The molecule has 2 aliphatic rings. The van der Waals surface area contributed by atoms with Gasteiger partial charge >= 0.3 is 11.9 Å². The molecule has 2 unspecified atom stereocenters. The van der Waals surface area contributed by atoms with E-state index in [0.29, 0.717) is 62.5 Å². The Bertz CT molecular complexity index is 1250. The molecular weight excluding hydrogens is 540 g/mol. The molecule has 0 aromatic heterocycles. The van der Waals surface area contributed by atoms with Gasteiger partial charge in [0.15, 0.2) is 5.79 Å². The second-order valence-corrected chi connectivity index (χ2v) is 11.1. The van der Waals surface area contributed by atoms with Crippen molar-refractivity contribution in [3.63, 3.8) is 0 Å². The van der Waals surface area contributed by atoms with Crippen LogP contribution in [0, 0.1) is 23.0 Å². The van der Waals surface area contributed by atoms with E-state index in [1.807, 2.05) is 55.5 Å². The molecule has 0 aliphatic carbocycles. The fraction of sp³-hybridized carbons (Fsp3) is 0.516. The standard InChI is InChI=1S/C31H42N4O7/c1-23-10-3-5-14-27(23)42-28-15-6-4-13-26(28)31(38,41-2)17-8-7-11-24-12-9-19-33(21-24)29(35(39)40)22-34(30(36)37)25-16-18-32-20-25/h3-6,10,13-15,22,24-25,32,38H,7-9,11-12,16-21H2,1-2H3,(H,36,37)/t24-,25?,31?/m1/s1. The number of ether oxygens (including phenoxy) is 2. The molecule has 0 bridgehead atoms. The summed E-state index contributed by atoms with van der Waals surface area (Å²) in [5.41, 5.74) is 1.54. The van der Waals surface area contributed by atoms with Crippen molar-refractivity contribution >= 4 is 6.09 Å². The zero-order chi connectivity index (χ0) is 30.1. The van der Waals surface area contributed by atoms with Crippen LogP contribution in [-0.2, 0) is 10.5 Å². The number of benzene rings is 2. The Labute approximate surface area is 246 Å². The van der Waals surface area contributed by atoms with Crippen LogP contribution >= 0.6 is 0 Å². The minimum atomic E-state index is -1.53. The normalized spacial score (nSPS) is 20.6. The molecule has 0 saturated carbocycles. The molecule has 4 rings (SSSR count). The summed E-state index contributed by atoms with van der Waals surface area (Å²) in [5, 5.41) is 36.3. The maximum atomic E-state index is 12.0. The van der Waals surface area contributed by atoms with E-state index >= 15 is 0 Å². The summed E-state index contributed by atoms with van der Waals surface area (Å²) in [6, 6.07) is 14.7. The number of piperidine rings is 1. The number of carbonyl (C=O) groups is 1. The largest absolute Gasteiger partial charge is 0.465 e. The van der Waals surface area contributed by atoms with Gasteiger partial charge in [0.05, 0.1) is 24.7 Å². The molecule has 0 spiro atoms. The zero-order valence-corrected chi connectivity index (χ0v) is 24.4. The lowest BCUT2D eigenvalue weighted by Gasteiger charge is -2.31. The molecule has 11 heteroatoms. The van der Waals surface area contributed by atoms with Gasteiger partial charge in [0.1, 0.15) is 17.7 Å². The number of aryl methyl sites for hydroxylation is 1. The topological polar surface area (TPSA) is 138 Å². The van der Waals surface area contributed by atoms with E-state index in [2.05, 4.69) is 5.32 Å². The Morgan fingerprint density at radius 2 is 1.93 bits per heavy atom. The Morgan fingerprint density at radius 3 is 2.60 bits per heavy atom. The van der Waals surface area contributed by atoms with E-state index in [1.54, 1.807) is 4.90 Å². The number of nitro groups is 1. The molecule has 2 fully saturated rings. The Kier molecular flexibility index (Phi) is 10.8. The van der Waals surface area contributed by atoms with Gasteiger partial charge in [-0.15, -0.1) is 0 Å². The van der Waals surface area contributed by atoms with Crippen LogP contribution in [0.1, 0.15) is 56.1 Å². The van der Waals surface area contributed by atoms with E-state index in [9.17, 15) is 25.1 Å². The summed E-state index contributed by atoms with van der Waals surface area (Å²) in [6.45, 7) is 4.14. The molecule has 0 radical (unpaired) electrons. The molecule has 2 saturated heterocycles. The fourth-order valence-electron chi connectivity index (χ4n) is 5.88. The molecule has 2 heterocycles. The van der Waals surface area contributed by atoms with E-state index in [-0.39, 0.29) is 17.8 Å². The van der Waals surface area contributed by atoms with Crippen LogP contribution in [0.3, 0.4) is 0 Å². The molecule has 1 amide bonds. The number of unbranched alkanes of at least 4 members (excludes halogenated alkanes) is 1. The van der Waals surface area contributed by atoms with Crippen LogP contribution in [0.25, 0.3) is 0 Å². The third-order valence-electron chi connectivity index (χ3n) is 8.27. The molecule has 3 N–H and O–H groups in total. The second-order valence-electron chi connectivity index (χ2n) is 11.1. The van der Waals surface area contributed by atoms with E-state index in [4.69, 9.17) is 9.47 Å². The monoisotopic (exact) mass is 582 g/mol. The summed E-state index contributed by atoms with van der Waals surface area (Å²) in [6.07, 6.45) is 5.03. The maximum absolute atomic E-state index is 12.0. The van der Waals surface area contributed by atoms with Gasteiger partial charge in [-0.2, -0.15) is 0 Å². The number of hydrogen-bond donors (Lipinski definition) is 3. The number of rotatable bonds is 13. The Hall–Kier alpha value is -3.67. The van der Waals surface area contributed by atoms with Crippen LogP contribution in [0.2, 0.25) is 0 Å². The van der Waals surface area contributed by atoms with E-state index in [1.165, 1.54) is 13.3 Å². The third kappa shape index (κ3) is 7.78. The number of para-hydroxylation sites is 2. The van der Waals surface area contributed by atoms with Crippen LogP contribution in [0.5, 0.6) is 11.5 Å². The number of nitrogens with one attached hydrogen (secondary N) is 1.